The van der Waals surface area contributed by atoms with Gasteiger partial charge >= 0.3 is 0 Å². The second-order valence-corrected chi connectivity index (χ2v) is 8.90. The summed E-state index contributed by atoms with van der Waals surface area (Å²) in [7, 11) is 0. The van der Waals surface area contributed by atoms with Crippen LogP contribution in [0.3, 0.4) is 0 Å². The topological polar surface area (TPSA) is 86.7 Å². The van der Waals surface area contributed by atoms with Gasteiger partial charge in [-0.15, -0.1) is 0 Å². The zero-order valence-corrected chi connectivity index (χ0v) is 18.8. The predicted octanol–water partition coefficient (Wildman–Crippen LogP) is 4.71. The van der Waals surface area contributed by atoms with Crippen molar-refractivity contribution in [2.75, 3.05) is 0 Å². The van der Waals surface area contributed by atoms with Gasteiger partial charge in [-0.3, -0.25) is 14.9 Å². The third-order valence-corrected chi connectivity index (χ3v) is 6.50. The first-order valence-electron chi connectivity index (χ1n) is 9.57. The van der Waals surface area contributed by atoms with Crippen LogP contribution in [-0.2, 0) is 6.61 Å². The smallest absolute Gasteiger partial charge is 0.274 e. The van der Waals surface area contributed by atoms with Crippen molar-refractivity contribution >= 4 is 55.0 Å². The molecular formula is C23H14BrN3O4S. The Kier molecular flexibility index (Phi) is 5.20. The second-order valence-electron chi connectivity index (χ2n) is 7.04. The van der Waals surface area contributed by atoms with Crippen LogP contribution in [0, 0.1) is 10.1 Å². The van der Waals surface area contributed by atoms with Gasteiger partial charge in [-0.05, 0) is 57.4 Å². The fourth-order valence-corrected chi connectivity index (χ4v) is 4.91. The summed E-state index contributed by atoms with van der Waals surface area (Å²) in [6.07, 6.45) is 1.82. The van der Waals surface area contributed by atoms with E-state index in [1.807, 2.05) is 42.5 Å². The van der Waals surface area contributed by atoms with Gasteiger partial charge in [-0.25, -0.2) is 9.38 Å². The highest BCUT2D eigenvalue weighted by atomic mass is 79.9. The van der Waals surface area contributed by atoms with Gasteiger partial charge < -0.3 is 4.74 Å². The van der Waals surface area contributed by atoms with Crippen LogP contribution in [0.25, 0.3) is 22.1 Å². The van der Waals surface area contributed by atoms with Crippen molar-refractivity contribution in [1.29, 1.82) is 0 Å². The van der Waals surface area contributed by atoms with Crippen LogP contribution in [0.5, 0.6) is 5.75 Å². The van der Waals surface area contributed by atoms with Gasteiger partial charge in [0, 0.05) is 12.1 Å². The first-order chi connectivity index (χ1) is 15.5. The summed E-state index contributed by atoms with van der Waals surface area (Å²) >= 11 is 4.85. The number of halogens is 1. The lowest BCUT2D eigenvalue weighted by molar-refractivity contribution is -0.384. The van der Waals surface area contributed by atoms with E-state index >= 15 is 0 Å². The van der Waals surface area contributed by atoms with Crippen molar-refractivity contribution in [1.82, 2.24) is 9.38 Å². The molecular weight excluding hydrogens is 494 g/mol. The van der Waals surface area contributed by atoms with Crippen LogP contribution in [-0.4, -0.2) is 14.3 Å². The number of non-ortho nitro benzene ring substituents is 1. The highest BCUT2D eigenvalue weighted by Crippen LogP contribution is 2.27. The Morgan fingerprint density at radius 2 is 1.97 bits per heavy atom. The Balaban J connectivity index is 1.41. The van der Waals surface area contributed by atoms with Crippen molar-refractivity contribution in [3.8, 4) is 5.75 Å². The number of hydrogen-bond acceptors (Lipinski definition) is 6. The minimum Gasteiger partial charge on any atom is -0.488 e. The molecule has 158 valence electrons. The molecule has 2 heterocycles. The molecule has 0 N–H and O–H groups in total. The number of nitrogens with zero attached hydrogens (tertiary/aromatic N) is 3. The number of aromatic nitrogens is 2. The lowest BCUT2D eigenvalue weighted by atomic mass is 10.2. The summed E-state index contributed by atoms with van der Waals surface area (Å²) in [5, 5.41) is 10.9. The minimum atomic E-state index is -0.432. The van der Waals surface area contributed by atoms with Crippen LogP contribution in [0.15, 0.2) is 76.0 Å². The molecule has 5 aromatic rings. The third kappa shape index (κ3) is 3.76. The van der Waals surface area contributed by atoms with Crippen LogP contribution >= 0.6 is 27.3 Å². The van der Waals surface area contributed by atoms with Crippen molar-refractivity contribution in [3.05, 3.63) is 107 Å². The van der Waals surface area contributed by atoms with Gasteiger partial charge in [-0.2, -0.15) is 0 Å². The third-order valence-electron chi connectivity index (χ3n) is 4.91. The highest BCUT2D eigenvalue weighted by Gasteiger charge is 2.11. The summed E-state index contributed by atoms with van der Waals surface area (Å²) in [6.45, 7) is 0.198. The molecule has 7 nitrogen and oxygen atoms in total. The standard InChI is InChI=1S/C23H14BrN3O4S/c24-17-11-14(8-9-20(17)31-13-15-4-3-5-16(10-15)27(29)30)12-21-22(28)26-19-7-2-1-6-18(19)25-23(26)32-21/h1-12H,13H2/b21-12-. The summed E-state index contributed by atoms with van der Waals surface area (Å²) in [5.41, 5.74) is 3.07. The number of rotatable bonds is 5. The molecule has 2 aromatic heterocycles. The van der Waals surface area contributed by atoms with E-state index in [9.17, 15) is 14.9 Å². The van der Waals surface area contributed by atoms with E-state index in [-0.39, 0.29) is 17.9 Å². The fourth-order valence-electron chi connectivity index (χ4n) is 3.41. The molecule has 0 unspecified atom stereocenters. The van der Waals surface area contributed by atoms with E-state index in [2.05, 4.69) is 20.9 Å². The van der Waals surface area contributed by atoms with Gasteiger partial charge in [0.1, 0.15) is 12.4 Å². The van der Waals surface area contributed by atoms with Crippen molar-refractivity contribution in [3.63, 3.8) is 0 Å². The van der Waals surface area contributed by atoms with Gasteiger partial charge in [0.05, 0.1) is 25.0 Å². The zero-order chi connectivity index (χ0) is 22.2. The predicted molar refractivity (Wildman–Crippen MR) is 127 cm³/mol. The summed E-state index contributed by atoms with van der Waals surface area (Å²) in [4.78, 5) is 28.6. The first-order valence-corrected chi connectivity index (χ1v) is 11.2. The maximum Gasteiger partial charge on any atom is 0.274 e. The van der Waals surface area contributed by atoms with Gasteiger partial charge in [-0.1, -0.05) is 41.7 Å². The number of hydrogen-bond donors (Lipinski definition) is 0. The molecule has 0 aliphatic carbocycles. The summed E-state index contributed by atoms with van der Waals surface area (Å²) < 4.78 is 8.76. The lowest BCUT2D eigenvalue weighted by Crippen LogP contribution is -2.22. The van der Waals surface area contributed by atoms with E-state index in [0.29, 0.717) is 20.8 Å². The Morgan fingerprint density at radius 1 is 1.12 bits per heavy atom. The maximum atomic E-state index is 12.9. The molecule has 0 aliphatic rings. The van der Waals surface area contributed by atoms with Gasteiger partial charge in [0.15, 0.2) is 4.96 Å². The zero-order valence-electron chi connectivity index (χ0n) is 16.4. The van der Waals surface area contributed by atoms with Crippen LogP contribution in [0.1, 0.15) is 11.1 Å². The number of ether oxygens (including phenoxy) is 1. The van der Waals surface area contributed by atoms with E-state index in [4.69, 9.17) is 4.74 Å². The number of benzene rings is 3. The van der Waals surface area contributed by atoms with Crippen LogP contribution < -0.4 is 14.8 Å². The fraction of sp³-hybridized carbons (Fsp3) is 0.0435. The summed E-state index contributed by atoms with van der Waals surface area (Å²) in [6, 6.07) is 19.4. The lowest BCUT2D eigenvalue weighted by Gasteiger charge is -2.09. The SMILES string of the molecule is O=c1/c(=C/c2ccc(OCc3cccc([N+](=O)[O-])c3)c(Br)c2)sc2nc3ccccc3n12. The molecule has 0 saturated heterocycles. The molecule has 0 atom stereocenters. The quantitative estimate of drug-likeness (QED) is 0.254. The maximum absolute atomic E-state index is 12.9. The van der Waals surface area contributed by atoms with E-state index in [0.717, 1.165) is 21.1 Å². The molecule has 9 heteroatoms. The number of imidazole rings is 1. The molecule has 0 aliphatic heterocycles. The number of fused-ring (bicyclic) bond motifs is 3. The Bertz CT molecular complexity index is 1610. The number of para-hydroxylation sites is 2. The molecule has 0 spiro atoms. The van der Waals surface area contributed by atoms with Gasteiger partial charge in [0.2, 0.25) is 0 Å². The molecule has 0 fully saturated rings. The molecule has 0 bridgehead atoms. The molecule has 0 radical (unpaired) electrons. The van der Waals surface area contributed by atoms with Crippen LogP contribution in [0.4, 0.5) is 5.69 Å². The molecule has 0 saturated carbocycles. The first kappa shape index (κ1) is 20.3. The Labute approximate surface area is 193 Å². The minimum absolute atomic E-state index is 0.0265. The number of nitro benzene ring substituents is 1. The largest absolute Gasteiger partial charge is 0.488 e. The molecule has 3 aromatic carbocycles. The van der Waals surface area contributed by atoms with Crippen LogP contribution in [0.2, 0.25) is 0 Å². The average molecular weight is 508 g/mol. The average Bonchev–Trinajstić information content (AvgIpc) is 3.29. The molecule has 5 rings (SSSR count). The van der Waals surface area contributed by atoms with Gasteiger partial charge in [0.25, 0.3) is 11.2 Å². The number of nitro groups is 1. The Morgan fingerprint density at radius 3 is 2.78 bits per heavy atom. The highest BCUT2D eigenvalue weighted by molar-refractivity contribution is 9.10. The van der Waals surface area contributed by atoms with E-state index < -0.39 is 4.92 Å². The second kappa shape index (κ2) is 8.18. The van der Waals surface area contributed by atoms with E-state index in [1.54, 1.807) is 22.6 Å². The number of thiazole rings is 1. The Hall–Kier alpha value is -3.56. The molecule has 0 amide bonds. The summed E-state index contributed by atoms with van der Waals surface area (Å²) in [5.74, 6) is 0.600. The molecule has 32 heavy (non-hydrogen) atoms. The van der Waals surface area contributed by atoms with E-state index in [1.165, 1.54) is 23.5 Å². The normalized spacial score (nSPS) is 12.0. The van der Waals surface area contributed by atoms with Crippen molar-refractivity contribution in [2.24, 2.45) is 0 Å². The monoisotopic (exact) mass is 507 g/mol. The van der Waals surface area contributed by atoms with Crippen molar-refractivity contribution < 1.29 is 9.66 Å². The van der Waals surface area contributed by atoms with Crippen molar-refractivity contribution in [2.45, 2.75) is 6.61 Å².